The Labute approximate surface area is 155 Å². The minimum atomic E-state index is -0.463. The molecular formula is C22H26N2O2. The lowest BCUT2D eigenvalue weighted by Crippen LogP contribution is -2.51. The molecule has 2 aromatic rings. The van der Waals surface area contributed by atoms with Crippen LogP contribution in [-0.4, -0.2) is 30.3 Å². The second-order valence-corrected chi connectivity index (χ2v) is 7.28. The van der Waals surface area contributed by atoms with Crippen molar-refractivity contribution >= 4 is 17.5 Å². The number of anilines is 1. The first kappa shape index (κ1) is 18.2. The standard InChI is InChI=1S/C22H26N2O2/c1-16-9-7-10-17(2)20(16)23-19(25)15-24(3)21(26)22(13-8-14-22)18-11-5-4-6-12-18/h4-7,9-12H,8,13-15H2,1-3H3,(H,23,25). The van der Waals surface area contributed by atoms with Crippen LogP contribution in [-0.2, 0) is 15.0 Å². The smallest absolute Gasteiger partial charge is 0.243 e. The van der Waals surface area contributed by atoms with Crippen LogP contribution in [0, 0.1) is 13.8 Å². The summed E-state index contributed by atoms with van der Waals surface area (Å²) in [6, 6.07) is 15.8. The lowest BCUT2D eigenvalue weighted by atomic mass is 9.63. The van der Waals surface area contributed by atoms with Gasteiger partial charge >= 0.3 is 0 Å². The first-order valence-corrected chi connectivity index (χ1v) is 9.11. The summed E-state index contributed by atoms with van der Waals surface area (Å²) < 4.78 is 0. The molecule has 1 N–H and O–H groups in total. The Bertz CT molecular complexity index is 790. The summed E-state index contributed by atoms with van der Waals surface area (Å²) in [6.07, 6.45) is 2.74. The van der Waals surface area contributed by atoms with Crippen LogP contribution in [0.2, 0.25) is 0 Å². The van der Waals surface area contributed by atoms with Crippen LogP contribution >= 0.6 is 0 Å². The molecule has 4 nitrogen and oxygen atoms in total. The third-order valence-electron chi connectivity index (χ3n) is 5.42. The van der Waals surface area contributed by atoms with Gasteiger partial charge in [0.05, 0.1) is 12.0 Å². The van der Waals surface area contributed by atoms with Crippen molar-refractivity contribution in [1.29, 1.82) is 0 Å². The molecule has 3 rings (SSSR count). The van der Waals surface area contributed by atoms with E-state index in [1.165, 1.54) is 0 Å². The van der Waals surface area contributed by atoms with Gasteiger partial charge in [-0.2, -0.15) is 0 Å². The van der Waals surface area contributed by atoms with Crippen molar-refractivity contribution in [2.24, 2.45) is 0 Å². The van der Waals surface area contributed by atoms with E-state index in [1.807, 2.05) is 62.4 Å². The van der Waals surface area contributed by atoms with Gasteiger partial charge in [-0.05, 0) is 43.4 Å². The largest absolute Gasteiger partial charge is 0.336 e. The Morgan fingerprint density at radius 3 is 2.15 bits per heavy atom. The highest BCUT2D eigenvalue weighted by molar-refractivity contribution is 5.97. The van der Waals surface area contributed by atoms with Gasteiger partial charge in [-0.15, -0.1) is 0 Å². The van der Waals surface area contributed by atoms with Gasteiger partial charge < -0.3 is 10.2 Å². The summed E-state index contributed by atoms with van der Waals surface area (Å²) in [4.78, 5) is 27.2. The van der Waals surface area contributed by atoms with E-state index in [9.17, 15) is 9.59 Å². The Kier molecular flexibility index (Phi) is 5.12. The molecule has 26 heavy (non-hydrogen) atoms. The first-order chi connectivity index (χ1) is 12.4. The maximum absolute atomic E-state index is 13.1. The van der Waals surface area contributed by atoms with Crippen LogP contribution in [0.5, 0.6) is 0 Å². The molecule has 4 heteroatoms. The molecule has 0 aliphatic heterocycles. The van der Waals surface area contributed by atoms with Gasteiger partial charge in [-0.3, -0.25) is 9.59 Å². The molecule has 136 valence electrons. The fourth-order valence-corrected chi connectivity index (χ4v) is 3.76. The number of aryl methyl sites for hydroxylation is 2. The topological polar surface area (TPSA) is 49.4 Å². The number of benzene rings is 2. The maximum atomic E-state index is 13.1. The molecule has 1 fully saturated rings. The molecule has 0 saturated heterocycles. The molecule has 1 aliphatic rings. The summed E-state index contributed by atoms with van der Waals surface area (Å²) >= 11 is 0. The summed E-state index contributed by atoms with van der Waals surface area (Å²) in [5.74, 6) is -0.132. The van der Waals surface area contributed by atoms with Crippen LogP contribution in [0.25, 0.3) is 0 Å². The highest BCUT2D eigenvalue weighted by Gasteiger charge is 2.47. The SMILES string of the molecule is Cc1cccc(C)c1NC(=O)CN(C)C(=O)C1(c2ccccc2)CCC1. The summed E-state index contributed by atoms with van der Waals surface area (Å²) in [7, 11) is 1.72. The lowest BCUT2D eigenvalue weighted by Gasteiger charge is -2.43. The molecule has 0 radical (unpaired) electrons. The molecule has 0 heterocycles. The monoisotopic (exact) mass is 350 g/mol. The molecule has 1 saturated carbocycles. The normalized spacial score (nSPS) is 15.0. The number of amides is 2. The number of hydrogen-bond acceptors (Lipinski definition) is 2. The van der Waals surface area contributed by atoms with E-state index >= 15 is 0 Å². The molecule has 0 aromatic heterocycles. The Morgan fingerprint density at radius 2 is 1.62 bits per heavy atom. The Morgan fingerprint density at radius 1 is 1.00 bits per heavy atom. The van der Waals surface area contributed by atoms with Crippen molar-refractivity contribution in [2.75, 3.05) is 18.9 Å². The van der Waals surface area contributed by atoms with E-state index in [0.717, 1.165) is 41.6 Å². The van der Waals surface area contributed by atoms with Crippen LogP contribution in [0.15, 0.2) is 48.5 Å². The van der Waals surface area contributed by atoms with Gasteiger partial charge in [0.1, 0.15) is 0 Å². The average Bonchev–Trinajstić information content (AvgIpc) is 2.58. The molecule has 0 spiro atoms. The van der Waals surface area contributed by atoms with Crippen LogP contribution < -0.4 is 5.32 Å². The number of nitrogens with one attached hydrogen (secondary N) is 1. The number of likely N-dealkylation sites (N-methyl/N-ethyl adjacent to an activating group) is 1. The minimum absolute atomic E-state index is 0.0339. The van der Waals surface area contributed by atoms with Gasteiger partial charge in [0.25, 0.3) is 0 Å². The number of carbonyl (C=O) groups is 2. The second kappa shape index (κ2) is 7.32. The van der Waals surface area contributed by atoms with E-state index in [4.69, 9.17) is 0 Å². The van der Waals surface area contributed by atoms with Crippen molar-refractivity contribution in [2.45, 2.75) is 38.5 Å². The van der Waals surface area contributed by atoms with Gasteiger partial charge in [0, 0.05) is 12.7 Å². The second-order valence-electron chi connectivity index (χ2n) is 7.28. The predicted octanol–water partition coefficient (Wildman–Crippen LogP) is 3.82. The van der Waals surface area contributed by atoms with Gasteiger partial charge in [0.2, 0.25) is 11.8 Å². The number of carbonyl (C=O) groups excluding carboxylic acids is 2. The van der Waals surface area contributed by atoms with Crippen molar-refractivity contribution < 1.29 is 9.59 Å². The van der Waals surface area contributed by atoms with E-state index in [2.05, 4.69) is 5.32 Å². The van der Waals surface area contributed by atoms with Crippen molar-refractivity contribution in [3.8, 4) is 0 Å². The van der Waals surface area contributed by atoms with E-state index in [1.54, 1.807) is 11.9 Å². The van der Waals surface area contributed by atoms with Crippen LogP contribution in [0.4, 0.5) is 5.69 Å². The average molecular weight is 350 g/mol. The zero-order chi connectivity index (χ0) is 18.7. The highest BCUT2D eigenvalue weighted by Crippen LogP contribution is 2.44. The number of hydrogen-bond donors (Lipinski definition) is 1. The quantitative estimate of drug-likeness (QED) is 0.891. The van der Waals surface area contributed by atoms with Gasteiger partial charge in [-0.25, -0.2) is 0 Å². The zero-order valence-electron chi connectivity index (χ0n) is 15.7. The third kappa shape index (κ3) is 3.36. The predicted molar refractivity (Wildman–Crippen MR) is 104 cm³/mol. The number of para-hydroxylation sites is 1. The molecule has 1 aliphatic carbocycles. The fourth-order valence-electron chi connectivity index (χ4n) is 3.76. The van der Waals surface area contributed by atoms with Crippen LogP contribution in [0.3, 0.4) is 0 Å². The molecule has 0 atom stereocenters. The van der Waals surface area contributed by atoms with Crippen molar-refractivity contribution in [3.05, 3.63) is 65.2 Å². The van der Waals surface area contributed by atoms with E-state index in [-0.39, 0.29) is 18.4 Å². The summed E-state index contributed by atoms with van der Waals surface area (Å²) in [5.41, 5.74) is 3.46. The van der Waals surface area contributed by atoms with E-state index < -0.39 is 5.41 Å². The van der Waals surface area contributed by atoms with Gasteiger partial charge in [-0.1, -0.05) is 55.0 Å². The number of rotatable bonds is 5. The molecule has 0 bridgehead atoms. The first-order valence-electron chi connectivity index (χ1n) is 9.11. The molecule has 2 aromatic carbocycles. The highest BCUT2D eigenvalue weighted by atomic mass is 16.2. The van der Waals surface area contributed by atoms with Crippen LogP contribution in [0.1, 0.15) is 36.0 Å². The minimum Gasteiger partial charge on any atom is -0.336 e. The summed E-state index contributed by atoms with van der Waals surface area (Å²) in [6.45, 7) is 3.99. The fraction of sp³-hybridized carbons (Fsp3) is 0.364. The number of nitrogens with zero attached hydrogens (tertiary/aromatic N) is 1. The molecule has 2 amide bonds. The Balaban J connectivity index is 1.70. The Hall–Kier alpha value is -2.62. The molecule has 0 unspecified atom stereocenters. The lowest BCUT2D eigenvalue weighted by molar-refractivity contribution is -0.141. The van der Waals surface area contributed by atoms with E-state index in [0.29, 0.717) is 0 Å². The van der Waals surface area contributed by atoms with Crippen molar-refractivity contribution in [1.82, 2.24) is 4.90 Å². The maximum Gasteiger partial charge on any atom is 0.243 e. The third-order valence-corrected chi connectivity index (χ3v) is 5.42. The zero-order valence-corrected chi connectivity index (χ0v) is 15.7. The molecular weight excluding hydrogens is 324 g/mol. The summed E-state index contributed by atoms with van der Waals surface area (Å²) in [5, 5.41) is 2.96. The van der Waals surface area contributed by atoms with Gasteiger partial charge in [0.15, 0.2) is 0 Å². The van der Waals surface area contributed by atoms with Crippen molar-refractivity contribution in [3.63, 3.8) is 0 Å².